The number of rotatable bonds is 4. The van der Waals surface area contributed by atoms with Crippen molar-refractivity contribution in [2.45, 2.75) is 0 Å². The maximum Gasteiger partial charge on any atom is 0.316 e. The van der Waals surface area contributed by atoms with Crippen LogP contribution < -0.4 is 16.6 Å². The Hall–Kier alpha value is -2.02. The molecule has 0 heterocycles. The van der Waals surface area contributed by atoms with Crippen LogP contribution in [-0.2, 0) is 0 Å². The molecule has 0 amide bonds. The smallest absolute Gasteiger partial charge is 0.316 e. The maximum atomic E-state index is 11.1. The molecule has 6 nitrogen and oxygen atoms in total. The monoisotopic (exact) mass is 312 g/mol. The molecule has 104 valence electrons. The van der Waals surface area contributed by atoms with Crippen molar-refractivity contribution in [3.8, 4) is 0 Å². The Morgan fingerprint density at radius 1 is 1.10 bits per heavy atom. The lowest BCUT2D eigenvalue weighted by Crippen LogP contribution is -2.10. The number of nitrogens with two attached hydrogens (primary N) is 1. The lowest BCUT2D eigenvalue weighted by molar-refractivity contribution is -0.383. The van der Waals surface area contributed by atoms with Crippen LogP contribution in [0.3, 0.4) is 0 Å². The number of nitrogens with zero attached hydrogens (tertiary/aromatic N) is 1. The van der Waals surface area contributed by atoms with Gasteiger partial charge in [0, 0.05) is 5.69 Å². The quantitative estimate of drug-likeness (QED) is 0.452. The topological polar surface area (TPSA) is 93.2 Å². The zero-order valence-corrected chi connectivity index (χ0v) is 11.6. The van der Waals surface area contributed by atoms with E-state index in [2.05, 4.69) is 10.7 Å². The van der Waals surface area contributed by atoms with E-state index in [0.29, 0.717) is 21.4 Å². The third-order valence-corrected chi connectivity index (χ3v) is 3.31. The summed E-state index contributed by atoms with van der Waals surface area (Å²) in [5.74, 6) is 5.27. The van der Waals surface area contributed by atoms with Gasteiger partial charge in [-0.15, -0.1) is 0 Å². The maximum absolute atomic E-state index is 11.1. The number of hydrogen-bond acceptors (Lipinski definition) is 5. The van der Waals surface area contributed by atoms with Gasteiger partial charge in [0.25, 0.3) is 0 Å². The number of hydrogen-bond donors (Lipinski definition) is 3. The van der Waals surface area contributed by atoms with E-state index in [4.69, 9.17) is 29.0 Å². The number of nitro benzene ring substituents is 1. The average Bonchev–Trinajstić information content (AvgIpc) is 2.42. The van der Waals surface area contributed by atoms with Crippen LogP contribution in [0.2, 0.25) is 10.0 Å². The molecule has 0 fully saturated rings. The van der Waals surface area contributed by atoms with Crippen molar-refractivity contribution in [3.05, 3.63) is 56.6 Å². The van der Waals surface area contributed by atoms with Gasteiger partial charge >= 0.3 is 5.69 Å². The minimum Gasteiger partial charge on any atom is -0.350 e. The number of benzene rings is 2. The highest BCUT2D eigenvalue weighted by atomic mass is 35.5. The summed E-state index contributed by atoms with van der Waals surface area (Å²) in [5, 5.41) is 14.8. The van der Waals surface area contributed by atoms with Crippen molar-refractivity contribution in [1.82, 2.24) is 0 Å². The fourth-order valence-electron chi connectivity index (χ4n) is 1.69. The first-order valence-corrected chi connectivity index (χ1v) is 6.24. The zero-order chi connectivity index (χ0) is 14.7. The van der Waals surface area contributed by atoms with Gasteiger partial charge in [-0.3, -0.25) is 16.0 Å². The summed E-state index contributed by atoms with van der Waals surface area (Å²) in [6.07, 6.45) is 0. The molecule has 20 heavy (non-hydrogen) atoms. The predicted molar refractivity (Wildman–Crippen MR) is 80.7 cm³/mol. The Morgan fingerprint density at radius 2 is 1.80 bits per heavy atom. The molecule has 2 aromatic rings. The molecule has 0 saturated heterocycles. The second-order valence-electron chi connectivity index (χ2n) is 3.86. The first kappa shape index (κ1) is 14.4. The van der Waals surface area contributed by atoms with E-state index >= 15 is 0 Å². The molecular formula is C12H10Cl2N4O2. The highest BCUT2D eigenvalue weighted by molar-refractivity contribution is 6.42. The standard InChI is InChI=1S/C12H10Cl2N4O2/c13-8-5-4-7(6-9(8)14)16-10-2-1-3-11(17-15)12(10)18(19)20/h1-6,16-17H,15H2. The van der Waals surface area contributed by atoms with Crippen LogP contribution in [0.15, 0.2) is 36.4 Å². The van der Waals surface area contributed by atoms with Gasteiger partial charge in [0.05, 0.1) is 15.0 Å². The Kier molecular flexibility index (Phi) is 4.29. The molecule has 2 aromatic carbocycles. The first-order chi connectivity index (χ1) is 9.52. The van der Waals surface area contributed by atoms with Crippen LogP contribution in [0.5, 0.6) is 0 Å². The molecule has 2 rings (SSSR count). The molecule has 4 N–H and O–H groups in total. The third-order valence-electron chi connectivity index (χ3n) is 2.57. The zero-order valence-electron chi connectivity index (χ0n) is 10.1. The van der Waals surface area contributed by atoms with Crippen LogP contribution in [0.1, 0.15) is 0 Å². The third kappa shape index (κ3) is 2.93. The Morgan fingerprint density at radius 3 is 2.40 bits per heavy atom. The summed E-state index contributed by atoms with van der Waals surface area (Å²) in [7, 11) is 0. The van der Waals surface area contributed by atoms with E-state index in [9.17, 15) is 10.1 Å². The molecule has 0 radical (unpaired) electrons. The summed E-state index contributed by atoms with van der Waals surface area (Å²) in [6, 6.07) is 9.57. The minimum absolute atomic E-state index is 0.152. The van der Waals surface area contributed by atoms with Crippen molar-refractivity contribution < 1.29 is 4.92 Å². The van der Waals surface area contributed by atoms with Gasteiger partial charge in [-0.2, -0.15) is 0 Å². The van der Waals surface area contributed by atoms with Crippen molar-refractivity contribution in [3.63, 3.8) is 0 Å². The molecular weight excluding hydrogens is 303 g/mol. The van der Waals surface area contributed by atoms with E-state index < -0.39 is 4.92 Å². The van der Waals surface area contributed by atoms with Crippen LogP contribution in [0.25, 0.3) is 0 Å². The molecule has 0 aliphatic heterocycles. The Labute approximate surface area is 124 Å². The fraction of sp³-hybridized carbons (Fsp3) is 0. The Bertz CT molecular complexity index is 664. The number of nitro groups is 1. The normalized spacial score (nSPS) is 10.2. The van der Waals surface area contributed by atoms with E-state index in [1.807, 2.05) is 0 Å². The lowest BCUT2D eigenvalue weighted by Gasteiger charge is -2.10. The van der Waals surface area contributed by atoms with Crippen molar-refractivity contribution >= 4 is 46.0 Å². The number of para-hydroxylation sites is 1. The highest BCUT2D eigenvalue weighted by Gasteiger charge is 2.19. The number of anilines is 3. The lowest BCUT2D eigenvalue weighted by atomic mass is 10.2. The number of nitrogens with one attached hydrogen (secondary N) is 2. The van der Waals surface area contributed by atoms with E-state index in [1.54, 1.807) is 30.3 Å². The number of hydrazine groups is 1. The summed E-state index contributed by atoms with van der Waals surface area (Å²) in [4.78, 5) is 10.6. The van der Waals surface area contributed by atoms with Crippen LogP contribution in [0, 0.1) is 10.1 Å². The summed E-state index contributed by atoms with van der Waals surface area (Å²) in [5.41, 5.74) is 3.23. The van der Waals surface area contributed by atoms with Gasteiger partial charge in [0.15, 0.2) is 0 Å². The van der Waals surface area contributed by atoms with Gasteiger partial charge in [-0.05, 0) is 30.3 Å². The Balaban J connectivity index is 2.42. The van der Waals surface area contributed by atoms with E-state index in [-0.39, 0.29) is 11.4 Å². The SMILES string of the molecule is NNc1cccc(Nc2ccc(Cl)c(Cl)c2)c1[N+](=O)[O-]. The molecule has 0 saturated carbocycles. The van der Waals surface area contributed by atoms with Gasteiger partial charge in [-0.1, -0.05) is 29.3 Å². The largest absolute Gasteiger partial charge is 0.350 e. The number of halogens is 2. The predicted octanol–water partition coefficient (Wildman–Crippen LogP) is 3.93. The fourth-order valence-corrected chi connectivity index (χ4v) is 1.99. The average molecular weight is 313 g/mol. The molecule has 0 atom stereocenters. The van der Waals surface area contributed by atoms with Crippen molar-refractivity contribution in [2.75, 3.05) is 10.7 Å². The van der Waals surface area contributed by atoms with Crippen molar-refractivity contribution in [1.29, 1.82) is 0 Å². The summed E-state index contributed by atoms with van der Waals surface area (Å²) < 4.78 is 0. The van der Waals surface area contributed by atoms with Gasteiger partial charge in [-0.25, -0.2) is 0 Å². The van der Waals surface area contributed by atoms with Gasteiger partial charge in [0.2, 0.25) is 0 Å². The summed E-state index contributed by atoms with van der Waals surface area (Å²) >= 11 is 11.7. The first-order valence-electron chi connectivity index (χ1n) is 5.49. The summed E-state index contributed by atoms with van der Waals surface area (Å²) in [6.45, 7) is 0. The molecule has 0 aliphatic carbocycles. The molecule has 0 aromatic heterocycles. The molecule has 0 bridgehead atoms. The number of nitrogen functional groups attached to an aromatic ring is 1. The second kappa shape index (κ2) is 5.96. The minimum atomic E-state index is -0.519. The van der Waals surface area contributed by atoms with Crippen molar-refractivity contribution in [2.24, 2.45) is 5.84 Å². The van der Waals surface area contributed by atoms with Crippen LogP contribution in [-0.4, -0.2) is 4.92 Å². The van der Waals surface area contributed by atoms with Gasteiger partial charge in [0.1, 0.15) is 11.4 Å². The van der Waals surface area contributed by atoms with E-state index in [1.165, 1.54) is 6.07 Å². The van der Waals surface area contributed by atoms with E-state index in [0.717, 1.165) is 0 Å². The van der Waals surface area contributed by atoms with Crippen LogP contribution >= 0.6 is 23.2 Å². The molecule has 0 spiro atoms. The highest BCUT2D eigenvalue weighted by Crippen LogP contribution is 2.35. The molecule has 0 unspecified atom stereocenters. The molecule has 8 heteroatoms. The van der Waals surface area contributed by atoms with Gasteiger partial charge < -0.3 is 10.7 Å². The molecule has 0 aliphatic rings. The second-order valence-corrected chi connectivity index (χ2v) is 4.67. The van der Waals surface area contributed by atoms with Crippen LogP contribution in [0.4, 0.5) is 22.7 Å².